The van der Waals surface area contributed by atoms with Crippen LogP contribution in [0.3, 0.4) is 0 Å². The van der Waals surface area contributed by atoms with Gasteiger partial charge in [0, 0.05) is 12.8 Å². The van der Waals surface area contributed by atoms with Crippen molar-refractivity contribution in [1.29, 1.82) is 0 Å². The molecule has 17 heavy (non-hydrogen) atoms. The minimum Gasteiger partial charge on any atom is -0.478 e. The molecule has 1 saturated heterocycles. The van der Waals surface area contributed by atoms with E-state index in [1.54, 1.807) is 0 Å². The zero-order chi connectivity index (χ0) is 12.3. The second-order valence-corrected chi connectivity index (χ2v) is 3.73. The van der Waals surface area contributed by atoms with Crippen molar-refractivity contribution < 1.29 is 19.4 Å². The average Bonchev–Trinajstić information content (AvgIpc) is 2.83. The van der Waals surface area contributed by atoms with Crippen LogP contribution in [0.15, 0.2) is 18.3 Å². The normalized spacial score (nSPS) is 18.9. The molecule has 0 saturated carbocycles. The quantitative estimate of drug-likeness (QED) is 0.813. The van der Waals surface area contributed by atoms with E-state index in [1.165, 1.54) is 18.3 Å². The van der Waals surface area contributed by atoms with E-state index in [0.717, 1.165) is 6.42 Å². The summed E-state index contributed by atoms with van der Waals surface area (Å²) in [5.41, 5.74) is 0.0834. The standard InChI is InChI=1S/C11H12N2O4/c14-10(8-2-1-5-17-8)13-9-4-3-7(6-12-9)11(15)16/h3-4,6,8H,1-2,5H2,(H,15,16)(H,12,13,14)/t8-/m0/s1. The second kappa shape index (κ2) is 4.92. The number of aromatic nitrogens is 1. The largest absolute Gasteiger partial charge is 0.478 e. The van der Waals surface area contributed by atoms with Gasteiger partial charge in [0.15, 0.2) is 0 Å². The third-order valence-corrected chi connectivity index (χ3v) is 2.48. The van der Waals surface area contributed by atoms with Gasteiger partial charge in [0.1, 0.15) is 11.9 Å². The summed E-state index contributed by atoms with van der Waals surface area (Å²) in [6.07, 6.45) is 2.37. The minimum absolute atomic E-state index is 0.0834. The average molecular weight is 236 g/mol. The summed E-state index contributed by atoms with van der Waals surface area (Å²) in [7, 11) is 0. The van der Waals surface area contributed by atoms with E-state index in [-0.39, 0.29) is 11.5 Å². The van der Waals surface area contributed by atoms with E-state index in [1.807, 2.05) is 0 Å². The highest BCUT2D eigenvalue weighted by Gasteiger charge is 2.23. The number of aromatic carboxylic acids is 1. The molecule has 2 heterocycles. The number of nitrogens with zero attached hydrogens (tertiary/aromatic N) is 1. The van der Waals surface area contributed by atoms with Crippen LogP contribution in [0.25, 0.3) is 0 Å². The molecule has 2 N–H and O–H groups in total. The Bertz CT molecular complexity index is 424. The summed E-state index contributed by atoms with van der Waals surface area (Å²) < 4.78 is 5.21. The molecule has 1 aromatic rings. The smallest absolute Gasteiger partial charge is 0.337 e. The van der Waals surface area contributed by atoms with Crippen LogP contribution < -0.4 is 5.32 Å². The summed E-state index contributed by atoms with van der Waals surface area (Å²) in [4.78, 5) is 26.1. The Labute approximate surface area is 97.6 Å². The van der Waals surface area contributed by atoms with Gasteiger partial charge in [-0.2, -0.15) is 0 Å². The number of hydrogen-bond donors (Lipinski definition) is 2. The fraction of sp³-hybridized carbons (Fsp3) is 0.364. The van der Waals surface area contributed by atoms with Crippen molar-refractivity contribution in [1.82, 2.24) is 4.98 Å². The highest BCUT2D eigenvalue weighted by molar-refractivity contribution is 5.94. The van der Waals surface area contributed by atoms with Crippen molar-refractivity contribution in [2.24, 2.45) is 0 Å². The van der Waals surface area contributed by atoms with Crippen LogP contribution in [-0.4, -0.2) is 34.7 Å². The molecule has 90 valence electrons. The number of anilines is 1. The van der Waals surface area contributed by atoms with Crippen molar-refractivity contribution in [2.75, 3.05) is 11.9 Å². The van der Waals surface area contributed by atoms with Gasteiger partial charge in [0.05, 0.1) is 5.56 Å². The fourth-order valence-electron chi connectivity index (χ4n) is 1.59. The van der Waals surface area contributed by atoms with Gasteiger partial charge in [-0.1, -0.05) is 0 Å². The molecule has 0 aromatic carbocycles. The summed E-state index contributed by atoms with van der Waals surface area (Å²) in [5.74, 6) is -0.955. The first kappa shape index (κ1) is 11.5. The highest BCUT2D eigenvalue weighted by Crippen LogP contribution is 2.14. The van der Waals surface area contributed by atoms with Crippen molar-refractivity contribution >= 4 is 17.7 Å². The van der Waals surface area contributed by atoms with Crippen LogP contribution in [0, 0.1) is 0 Å². The van der Waals surface area contributed by atoms with Crippen molar-refractivity contribution in [3.8, 4) is 0 Å². The van der Waals surface area contributed by atoms with E-state index in [4.69, 9.17) is 9.84 Å². The molecule has 0 bridgehead atoms. The Morgan fingerprint density at radius 1 is 1.47 bits per heavy atom. The number of amides is 1. The maximum absolute atomic E-state index is 11.6. The third-order valence-electron chi connectivity index (χ3n) is 2.48. The fourth-order valence-corrected chi connectivity index (χ4v) is 1.59. The number of carbonyl (C=O) groups is 2. The highest BCUT2D eigenvalue weighted by atomic mass is 16.5. The minimum atomic E-state index is -1.05. The zero-order valence-electron chi connectivity index (χ0n) is 9.05. The topological polar surface area (TPSA) is 88.5 Å². The number of carboxylic acid groups (broad SMARTS) is 1. The molecule has 1 aliphatic heterocycles. The molecular formula is C11H12N2O4. The van der Waals surface area contributed by atoms with Crippen LogP contribution in [0.5, 0.6) is 0 Å². The molecule has 0 unspecified atom stereocenters. The number of rotatable bonds is 3. The first-order chi connectivity index (χ1) is 8.16. The number of carbonyl (C=O) groups excluding carboxylic acids is 1. The summed E-state index contributed by atoms with van der Waals surface area (Å²) >= 11 is 0. The van der Waals surface area contributed by atoms with Crippen molar-refractivity contribution in [3.63, 3.8) is 0 Å². The van der Waals surface area contributed by atoms with Crippen LogP contribution in [-0.2, 0) is 9.53 Å². The van der Waals surface area contributed by atoms with Gasteiger partial charge in [-0.25, -0.2) is 9.78 Å². The molecule has 2 rings (SSSR count). The van der Waals surface area contributed by atoms with Gasteiger partial charge >= 0.3 is 5.97 Å². The first-order valence-electron chi connectivity index (χ1n) is 5.28. The summed E-state index contributed by atoms with van der Waals surface area (Å²) in [6.45, 7) is 0.601. The lowest BCUT2D eigenvalue weighted by atomic mass is 10.2. The van der Waals surface area contributed by atoms with E-state index in [2.05, 4.69) is 10.3 Å². The van der Waals surface area contributed by atoms with Crippen LogP contribution in [0.1, 0.15) is 23.2 Å². The molecule has 1 amide bonds. The van der Waals surface area contributed by atoms with Crippen molar-refractivity contribution in [3.05, 3.63) is 23.9 Å². The number of pyridine rings is 1. The Hall–Kier alpha value is -1.95. The molecule has 1 aromatic heterocycles. The van der Waals surface area contributed by atoms with E-state index in [0.29, 0.717) is 18.8 Å². The Kier molecular flexibility index (Phi) is 3.34. The van der Waals surface area contributed by atoms with Gasteiger partial charge in [0.2, 0.25) is 0 Å². The molecule has 1 aliphatic rings. The van der Waals surface area contributed by atoms with E-state index < -0.39 is 12.1 Å². The van der Waals surface area contributed by atoms with Gasteiger partial charge in [0.25, 0.3) is 5.91 Å². The SMILES string of the molecule is O=C(O)c1ccc(NC(=O)[C@@H]2CCCO2)nc1. The van der Waals surface area contributed by atoms with Crippen LogP contribution in [0.4, 0.5) is 5.82 Å². The number of ether oxygens (including phenoxy) is 1. The van der Waals surface area contributed by atoms with Gasteiger partial charge in [-0.3, -0.25) is 4.79 Å². The number of nitrogens with one attached hydrogen (secondary N) is 1. The monoisotopic (exact) mass is 236 g/mol. The Balaban J connectivity index is 1.98. The molecule has 1 atom stereocenters. The molecule has 6 heteroatoms. The van der Waals surface area contributed by atoms with Crippen LogP contribution in [0.2, 0.25) is 0 Å². The van der Waals surface area contributed by atoms with Gasteiger partial charge in [-0.15, -0.1) is 0 Å². The zero-order valence-corrected chi connectivity index (χ0v) is 9.05. The lowest BCUT2D eigenvalue weighted by Gasteiger charge is -2.09. The van der Waals surface area contributed by atoms with E-state index >= 15 is 0 Å². The van der Waals surface area contributed by atoms with Crippen LogP contribution >= 0.6 is 0 Å². The third kappa shape index (κ3) is 2.79. The van der Waals surface area contributed by atoms with Gasteiger partial charge in [-0.05, 0) is 25.0 Å². The second-order valence-electron chi connectivity index (χ2n) is 3.73. The predicted octanol–water partition coefficient (Wildman–Crippen LogP) is 0.897. The molecule has 1 fully saturated rings. The number of carboxylic acids is 1. The Morgan fingerprint density at radius 2 is 2.29 bits per heavy atom. The number of hydrogen-bond acceptors (Lipinski definition) is 4. The lowest BCUT2D eigenvalue weighted by Crippen LogP contribution is -2.27. The van der Waals surface area contributed by atoms with Crippen molar-refractivity contribution in [2.45, 2.75) is 18.9 Å². The maximum atomic E-state index is 11.6. The first-order valence-corrected chi connectivity index (χ1v) is 5.28. The lowest BCUT2D eigenvalue weighted by molar-refractivity contribution is -0.124. The van der Waals surface area contributed by atoms with Gasteiger partial charge < -0.3 is 15.2 Å². The summed E-state index contributed by atoms with van der Waals surface area (Å²) in [6, 6.07) is 2.84. The van der Waals surface area contributed by atoms with E-state index in [9.17, 15) is 9.59 Å². The molecular weight excluding hydrogens is 224 g/mol. The molecule has 0 spiro atoms. The predicted molar refractivity (Wildman–Crippen MR) is 58.8 cm³/mol. The Morgan fingerprint density at radius 3 is 2.82 bits per heavy atom. The summed E-state index contributed by atoms with van der Waals surface area (Å²) in [5, 5.41) is 11.3. The molecule has 6 nitrogen and oxygen atoms in total. The molecule has 0 radical (unpaired) electrons. The molecule has 0 aliphatic carbocycles. The maximum Gasteiger partial charge on any atom is 0.337 e.